The summed E-state index contributed by atoms with van der Waals surface area (Å²) in [6, 6.07) is 10.3. The quantitative estimate of drug-likeness (QED) is 0.872. The first-order valence-electron chi connectivity index (χ1n) is 7.53. The molecule has 0 bridgehead atoms. The van der Waals surface area contributed by atoms with Crippen LogP contribution in [-0.4, -0.2) is 48.4 Å². The number of carbonyl (C=O) groups excluding carboxylic acids is 1. The van der Waals surface area contributed by atoms with Gasteiger partial charge in [-0.15, -0.1) is 12.4 Å². The van der Waals surface area contributed by atoms with Crippen LogP contribution in [0.1, 0.15) is 24.8 Å². The molecule has 1 saturated heterocycles. The zero-order valence-corrected chi connectivity index (χ0v) is 13.4. The predicted octanol–water partition coefficient (Wildman–Crippen LogP) is 1.88. The second-order valence-electron chi connectivity index (χ2n) is 5.43. The molecule has 2 rings (SSSR count). The van der Waals surface area contributed by atoms with Gasteiger partial charge >= 0.3 is 0 Å². The molecule has 4 nitrogen and oxygen atoms in total. The predicted molar refractivity (Wildman–Crippen MR) is 88.5 cm³/mol. The van der Waals surface area contributed by atoms with E-state index in [1.807, 2.05) is 23.1 Å². The summed E-state index contributed by atoms with van der Waals surface area (Å²) >= 11 is 0. The van der Waals surface area contributed by atoms with E-state index in [1.165, 1.54) is 12.0 Å². The summed E-state index contributed by atoms with van der Waals surface area (Å²) in [5, 5.41) is 0. The summed E-state index contributed by atoms with van der Waals surface area (Å²) in [6.07, 6.45) is 3.53. The molecule has 0 atom stereocenters. The SMILES string of the molecule is Cl.NCCN(CC(=O)N1CCCCC1)Cc1ccccc1. The van der Waals surface area contributed by atoms with Crippen LogP contribution in [0.25, 0.3) is 0 Å². The Morgan fingerprint density at radius 1 is 1.14 bits per heavy atom. The molecule has 1 amide bonds. The lowest BCUT2D eigenvalue weighted by Gasteiger charge is -2.30. The van der Waals surface area contributed by atoms with Crippen LogP contribution >= 0.6 is 12.4 Å². The van der Waals surface area contributed by atoms with Crippen LogP contribution in [0.3, 0.4) is 0 Å². The molecule has 0 saturated carbocycles. The Morgan fingerprint density at radius 3 is 2.43 bits per heavy atom. The summed E-state index contributed by atoms with van der Waals surface area (Å²) < 4.78 is 0. The number of benzene rings is 1. The van der Waals surface area contributed by atoms with Crippen LogP contribution in [0.4, 0.5) is 0 Å². The largest absolute Gasteiger partial charge is 0.342 e. The number of nitrogens with two attached hydrogens (primary N) is 1. The summed E-state index contributed by atoms with van der Waals surface area (Å²) in [5.74, 6) is 0.245. The highest BCUT2D eigenvalue weighted by atomic mass is 35.5. The molecular formula is C16H26ClN3O. The molecule has 0 aliphatic carbocycles. The van der Waals surface area contributed by atoms with Crippen LogP contribution in [0, 0.1) is 0 Å². The number of piperidine rings is 1. The van der Waals surface area contributed by atoms with E-state index in [9.17, 15) is 4.79 Å². The molecule has 0 radical (unpaired) electrons. The lowest BCUT2D eigenvalue weighted by Crippen LogP contribution is -2.43. The summed E-state index contributed by atoms with van der Waals surface area (Å²) in [4.78, 5) is 16.5. The second kappa shape index (κ2) is 9.77. The van der Waals surface area contributed by atoms with E-state index in [0.29, 0.717) is 13.1 Å². The van der Waals surface area contributed by atoms with E-state index in [-0.39, 0.29) is 18.3 Å². The molecule has 1 aliphatic heterocycles. The van der Waals surface area contributed by atoms with Gasteiger partial charge in [0.1, 0.15) is 0 Å². The van der Waals surface area contributed by atoms with Crippen LogP contribution in [0.2, 0.25) is 0 Å². The van der Waals surface area contributed by atoms with Crippen molar-refractivity contribution >= 4 is 18.3 Å². The van der Waals surface area contributed by atoms with Crippen molar-refractivity contribution in [2.24, 2.45) is 5.73 Å². The first-order chi connectivity index (χ1) is 9.79. The summed E-state index contributed by atoms with van der Waals surface area (Å²) in [5.41, 5.74) is 6.90. The van der Waals surface area contributed by atoms with E-state index >= 15 is 0 Å². The number of likely N-dealkylation sites (tertiary alicyclic amines) is 1. The van der Waals surface area contributed by atoms with Gasteiger partial charge in [-0.25, -0.2) is 0 Å². The molecule has 1 aromatic carbocycles. The lowest BCUT2D eigenvalue weighted by atomic mass is 10.1. The minimum atomic E-state index is 0. The number of hydrogen-bond donors (Lipinski definition) is 1. The molecule has 0 unspecified atom stereocenters. The third kappa shape index (κ3) is 6.04. The Balaban J connectivity index is 0.00000220. The standard InChI is InChI=1S/C16H25N3O.ClH/c17-9-12-18(13-15-7-3-1-4-8-15)14-16(20)19-10-5-2-6-11-19;/h1,3-4,7-8H,2,5-6,9-14,17H2;1H. The van der Waals surface area contributed by atoms with E-state index in [0.717, 1.165) is 39.0 Å². The lowest BCUT2D eigenvalue weighted by molar-refractivity contribution is -0.133. The normalized spacial score (nSPS) is 14.9. The van der Waals surface area contributed by atoms with Gasteiger partial charge in [0, 0.05) is 32.7 Å². The van der Waals surface area contributed by atoms with Gasteiger partial charge in [0.15, 0.2) is 0 Å². The third-order valence-corrected chi connectivity index (χ3v) is 3.76. The van der Waals surface area contributed by atoms with Crippen molar-refractivity contribution < 1.29 is 4.79 Å². The highest BCUT2D eigenvalue weighted by Crippen LogP contribution is 2.10. The van der Waals surface area contributed by atoms with Crippen molar-refractivity contribution in [1.29, 1.82) is 0 Å². The van der Waals surface area contributed by atoms with Crippen LogP contribution in [0.15, 0.2) is 30.3 Å². The van der Waals surface area contributed by atoms with Gasteiger partial charge in [0.25, 0.3) is 0 Å². The molecule has 1 heterocycles. The minimum absolute atomic E-state index is 0. The Morgan fingerprint density at radius 2 is 1.81 bits per heavy atom. The number of halogens is 1. The van der Waals surface area contributed by atoms with Crippen molar-refractivity contribution in [3.8, 4) is 0 Å². The fourth-order valence-electron chi connectivity index (χ4n) is 2.67. The monoisotopic (exact) mass is 311 g/mol. The second-order valence-corrected chi connectivity index (χ2v) is 5.43. The van der Waals surface area contributed by atoms with Crippen LogP contribution in [0.5, 0.6) is 0 Å². The fraction of sp³-hybridized carbons (Fsp3) is 0.562. The van der Waals surface area contributed by atoms with Gasteiger partial charge in [-0.05, 0) is 24.8 Å². The maximum atomic E-state index is 12.3. The van der Waals surface area contributed by atoms with Gasteiger partial charge in [0.05, 0.1) is 6.54 Å². The van der Waals surface area contributed by atoms with Crippen molar-refractivity contribution in [2.45, 2.75) is 25.8 Å². The van der Waals surface area contributed by atoms with Crippen molar-refractivity contribution in [3.05, 3.63) is 35.9 Å². The number of carbonyl (C=O) groups is 1. The van der Waals surface area contributed by atoms with Crippen molar-refractivity contribution in [2.75, 3.05) is 32.7 Å². The van der Waals surface area contributed by atoms with E-state index in [4.69, 9.17) is 5.73 Å². The van der Waals surface area contributed by atoms with Gasteiger partial charge < -0.3 is 10.6 Å². The van der Waals surface area contributed by atoms with E-state index < -0.39 is 0 Å². The molecule has 5 heteroatoms. The molecule has 1 aromatic rings. The average molecular weight is 312 g/mol. The van der Waals surface area contributed by atoms with Crippen molar-refractivity contribution in [3.63, 3.8) is 0 Å². The third-order valence-electron chi connectivity index (χ3n) is 3.76. The van der Waals surface area contributed by atoms with E-state index in [2.05, 4.69) is 17.0 Å². The summed E-state index contributed by atoms with van der Waals surface area (Å²) in [7, 11) is 0. The first kappa shape index (κ1) is 18.0. The first-order valence-corrected chi connectivity index (χ1v) is 7.53. The van der Waals surface area contributed by atoms with Crippen LogP contribution in [-0.2, 0) is 11.3 Å². The molecule has 118 valence electrons. The van der Waals surface area contributed by atoms with Crippen LogP contribution < -0.4 is 5.73 Å². The number of hydrogen-bond acceptors (Lipinski definition) is 3. The Kier molecular flexibility index (Phi) is 8.35. The highest BCUT2D eigenvalue weighted by Gasteiger charge is 2.19. The Labute approximate surface area is 133 Å². The molecular weight excluding hydrogens is 286 g/mol. The van der Waals surface area contributed by atoms with Gasteiger partial charge in [0.2, 0.25) is 5.91 Å². The number of nitrogens with zero attached hydrogens (tertiary/aromatic N) is 2. The Hall–Kier alpha value is -1.10. The fourth-order valence-corrected chi connectivity index (χ4v) is 2.67. The molecule has 21 heavy (non-hydrogen) atoms. The maximum Gasteiger partial charge on any atom is 0.236 e. The van der Waals surface area contributed by atoms with Crippen molar-refractivity contribution in [1.82, 2.24) is 9.80 Å². The molecule has 0 spiro atoms. The number of amides is 1. The molecule has 1 fully saturated rings. The maximum absolute atomic E-state index is 12.3. The zero-order valence-electron chi connectivity index (χ0n) is 12.5. The smallest absolute Gasteiger partial charge is 0.236 e. The highest BCUT2D eigenvalue weighted by molar-refractivity contribution is 5.85. The minimum Gasteiger partial charge on any atom is -0.342 e. The van der Waals surface area contributed by atoms with E-state index in [1.54, 1.807) is 0 Å². The molecule has 0 aromatic heterocycles. The van der Waals surface area contributed by atoms with Gasteiger partial charge in [-0.1, -0.05) is 30.3 Å². The Bertz CT molecular complexity index is 407. The van der Waals surface area contributed by atoms with Gasteiger partial charge in [-0.3, -0.25) is 9.69 Å². The molecule has 2 N–H and O–H groups in total. The summed E-state index contributed by atoms with van der Waals surface area (Å²) in [6.45, 7) is 4.44. The number of rotatable bonds is 6. The van der Waals surface area contributed by atoms with Gasteiger partial charge in [-0.2, -0.15) is 0 Å². The molecule has 1 aliphatic rings. The topological polar surface area (TPSA) is 49.6 Å². The average Bonchev–Trinajstić information content (AvgIpc) is 2.49. The zero-order chi connectivity index (χ0) is 14.2.